The zero-order chi connectivity index (χ0) is 14.7. The molecular weight excluding hydrogens is 284 g/mol. The molecule has 21 heavy (non-hydrogen) atoms. The predicted octanol–water partition coefficient (Wildman–Crippen LogP) is 3.70. The molecule has 2 N–H and O–H groups in total. The number of nitrogens with zero attached hydrogens (tertiary/aromatic N) is 1. The first kappa shape index (κ1) is 13.3. The molecule has 3 rings (SSSR count). The highest BCUT2D eigenvalue weighted by Gasteiger charge is 2.18. The van der Waals surface area contributed by atoms with Crippen molar-refractivity contribution in [2.45, 2.75) is 0 Å². The summed E-state index contributed by atoms with van der Waals surface area (Å²) in [6, 6.07) is 18.7. The van der Waals surface area contributed by atoms with E-state index in [0.29, 0.717) is 21.5 Å². The van der Waals surface area contributed by atoms with E-state index in [9.17, 15) is 4.79 Å². The molecule has 3 aromatic rings. The Labute approximate surface area is 125 Å². The first-order chi connectivity index (χ1) is 10.2. The summed E-state index contributed by atoms with van der Waals surface area (Å²) in [5.41, 5.74) is 6.83. The number of para-hydroxylation sites is 1. The molecule has 0 aliphatic rings. The van der Waals surface area contributed by atoms with E-state index in [1.807, 2.05) is 60.7 Å². The molecule has 0 aliphatic heterocycles. The molecule has 0 fully saturated rings. The van der Waals surface area contributed by atoms with Crippen LogP contribution in [-0.4, -0.2) is 10.9 Å². The average molecular weight is 296 g/mol. The number of amides is 1. The molecular formula is C16H12N2O2S. The van der Waals surface area contributed by atoms with Gasteiger partial charge < -0.3 is 10.5 Å². The molecule has 0 saturated heterocycles. The smallest absolute Gasteiger partial charge is 0.280 e. The standard InChI is InChI=1S/C16H12N2O2S/c17-15(19)14-13(11-7-3-1-4-8-11)18-16(21-14)20-12-9-5-2-6-10-12/h1-10H,(H2,17,19). The normalized spacial score (nSPS) is 10.3. The minimum absolute atomic E-state index is 0.395. The van der Waals surface area contributed by atoms with Crippen molar-refractivity contribution >= 4 is 17.2 Å². The first-order valence-electron chi connectivity index (χ1n) is 6.33. The van der Waals surface area contributed by atoms with Crippen LogP contribution in [0.15, 0.2) is 60.7 Å². The Balaban J connectivity index is 1.99. The number of hydrogen-bond acceptors (Lipinski definition) is 4. The van der Waals surface area contributed by atoms with Crippen LogP contribution in [0.2, 0.25) is 0 Å². The molecule has 0 spiro atoms. The number of rotatable bonds is 4. The molecule has 5 heteroatoms. The van der Waals surface area contributed by atoms with Crippen molar-refractivity contribution in [1.82, 2.24) is 4.98 Å². The van der Waals surface area contributed by atoms with Crippen LogP contribution >= 0.6 is 11.3 Å². The van der Waals surface area contributed by atoms with E-state index in [1.165, 1.54) is 0 Å². The van der Waals surface area contributed by atoms with E-state index >= 15 is 0 Å². The third-order valence-electron chi connectivity index (χ3n) is 2.83. The Morgan fingerprint density at radius 3 is 2.24 bits per heavy atom. The maximum atomic E-state index is 11.6. The Bertz CT molecular complexity index is 754. The lowest BCUT2D eigenvalue weighted by Gasteiger charge is -1.99. The molecule has 0 aliphatic carbocycles. The van der Waals surface area contributed by atoms with Gasteiger partial charge in [0.15, 0.2) is 0 Å². The van der Waals surface area contributed by atoms with Gasteiger partial charge in [-0.1, -0.05) is 59.9 Å². The molecule has 0 bridgehead atoms. The van der Waals surface area contributed by atoms with Crippen molar-refractivity contribution in [3.63, 3.8) is 0 Å². The van der Waals surface area contributed by atoms with Gasteiger partial charge in [-0.15, -0.1) is 0 Å². The van der Waals surface area contributed by atoms with Crippen LogP contribution < -0.4 is 10.5 Å². The lowest BCUT2D eigenvalue weighted by molar-refractivity contribution is 0.100. The highest BCUT2D eigenvalue weighted by molar-refractivity contribution is 7.15. The molecule has 0 atom stereocenters. The number of carbonyl (C=O) groups is 1. The monoisotopic (exact) mass is 296 g/mol. The molecule has 4 nitrogen and oxygen atoms in total. The molecule has 0 radical (unpaired) electrons. The summed E-state index contributed by atoms with van der Waals surface area (Å²) in [5.74, 6) is 0.163. The number of primary amides is 1. The zero-order valence-electron chi connectivity index (χ0n) is 11.0. The van der Waals surface area contributed by atoms with Crippen LogP contribution in [0, 0.1) is 0 Å². The summed E-state index contributed by atoms with van der Waals surface area (Å²) in [7, 11) is 0. The third-order valence-corrected chi connectivity index (χ3v) is 3.77. The number of thiazole rings is 1. The number of nitrogens with two attached hydrogens (primary N) is 1. The van der Waals surface area contributed by atoms with E-state index in [0.717, 1.165) is 16.9 Å². The molecule has 1 amide bonds. The number of benzene rings is 2. The minimum atomic E-state index is -0.505. The Hall–Kier alpha value is -2.66. The lowest BCUT2D eigenvalue weighted by atomic mass is 10.1. The molecule has 0 saturated carbocycles. The van der Waals surface area contributed by atoms with Crippen molar-refractivity contribution < 1.29 is 9.53 Å². The summed E-state index contributed by atoms with van der Waals surface area (Å²) < 4.78 is 5.67. The van der Waals surface area contributed by atoms with Crippen LogP contribution in [0.3, 0.4) is 0 Å². The van der Waals surface area contributed by atoms with E-state index in [-0.39, 0.29) is 0 Å². The van der Waals surface area contributed by atoms with Gasteiger partial charge >= 0.3 is 0 Å². The summed E-state index contributed by atoms with van der Waals surface area (Å²) >= 11 is 1.15. The van der Waals surface area contributed by atoms with Crippen LogP contribution in [0.1, 0.15) is 9.67 Å². The lowest BCUT2D eigenvalue weighted by Crippen LogP contribution is -2.10. The Morgan fingerprint density at radius 2 is 1.62 bits per heavy atom. The van der Waals surface area contributed by atoms with Gasteiger partial charge in [0, 0.05) is 5.56 Å². The number of carbonyl (C=O) groups excluding carboxylic acids is 1. The van der Waals surface area contributed by atoms with Crippen LogP contribution in [0.5, 0.6) is 10.9 Å². The summed E-state index contributed by atoms with van der Waals surface area (Å²) in [5, 5.41) is 0.397. The minimum Gasteiger partial charge on any atom is -0.431 e. The second-order valence-corrected chi connectivity index (χ2v) is 5.26. The van der Waals surface area contributed by atoms with Crippen molar-refractivity contribution in [3.8, 4) is 22.2 Å². The molecule has 2 aromatic carbocycles. The van der Waals surface area contributed by atoms with Gasteiger partial charge in [0.1, 0.15) is 10.6 Å². The quantitative estimate of drug-likeness (QED) is 0.798. The third kappa shape index (κ3) is 2.93. The SMILES string of the molecule is NC(=O)c1sc(Oc2ccccc2)nc1-c1ccccc1. The summed E-state index contributed by atoms with van der Waals surface area (Å²) in [6.45, 7) is 0. The second-order valence-electron chi connectivity index (χ2n) is 4.30. The van der Waals surface area contributed by atoms with Gasteiger partial charge in [-0.3, -0.25) is 4.79 Å². The first-order valence-corrected chi connectivity index (χ1v) is 7.14. The van der Waals surface area contributed by atoms with Gasteiger partial charge in [0.05, 0.1) is 5.69 Å². The maximum Gasteiger partial charge on any atom is 0.280 e. The fourth-order valence-electron chi connectivity index (χ4n) is 1.89. The molecule has 104 valence electrons. The topological polar surface area (TPSA) is 65.2 Å². The van der Waals surface area contributed by atoms with Gasteiger partial charge in [0.25, 0.3) is 11.1 Å². The number of hydrogen-bond donors (Lipinski definition) is 1. The van der Waals surface area contributed by atoms with Crippen molar-refractivity contribution in [2.24, 2.45) is 5.73 Å². The largest absolute Gasteiger partial charge is 0.431 e. The van der Waals surface area contributed by atoms with E-state index in [1.54, 1.807) is 0 Å². The van der Waals surface area contributed by atoms with Crippen LogP contribution in [0.4, 0.5) is 0 Å². The highest BCUT2D eigenvalue weighted by atomic mass is 32.1. The van der Waals surface area contributed by atoms with Crippen LogP contribution in [-0.2, 0) is 0 Å². The van der Waals surface area contributed by atoms with Gasteiger partial charge in [-0.25, -0.2) is 4.98 Å². The summed E-state index contributed by atoms with van der Waals surface area (Å²) in [4.78, 5) is 16.4. The number of aromatic nitrogens is 1. The molecule has 1 aromatic heterocycles. The highest BCUT2D eigenvalue weighted by Crippen LogP contribution is 2.34. The van der Waals surface area contributed by atoms with Crippen LogP contribution in [0.25, 0.3) is 11.3 Å². The maximum absolute atomic E-state index is 11.6. The van der Waals surface area contributed by atoms with Crippen molar-refractivity contribution in [3.05, 3.63) is 65.5 Å². The summed E-state index contributed by atoms with van der Waals surface area (Å²) in [6.07, 6.45) is 0. The predicted molar refractivity (Wildman–Crippen MR) is 82.6 cm³/mol. The van der Waals surface area contributed by atoms with E-state index in [2.05, 4.69) is 4.98 Å². The number of ether oxygens (including phenoxy) is 1. The van der Waals surface area contributed by atoms with Crippen molar-refractivity contribution in [2.75, 3.05) is 0 Å². The molecule has 0 unspecified atom stereocenters. The van der Waals surface area contributed by atoms with E-state index < -0.39 is 5.91 Å². The van der Waals surface area contributed by atoms with Gasteiger partial charge in [-0.2, -0.15) is 0 Å². The Kier molecular flexibility index (Phi) is 3.66. The van der Waals surface area contributed by atoms with E-state index in [4.69, 9.17) is 10.5 Å². The van der Waals surface area contributed by atoms with Gasteiger partial charge in [0.2, 0.25) is 0 Å². The van der Waals surface area contributed by atoms with Crippen molar-refractivity contribution in [1.29, 1.82) is 0 Å². The fourth-order valence-corrected chi connectivity index (χ4v) is 2.70. The van der Waals surface area contributed by atoms with Gasteiger partial charge in [-0.05, 0) is 12.1 Å². The zero-order valence-corrected chi connectivity index (χ0v) is 11.8. The fraction of sp³-hybridized carbons (Fsp3) is 0. The average Bonchev–Trinajstić information content (AvgIpc) is 2.93. The molecule has 1 heterocycles. The Morgan fingerprint density at radius 1 is 1.00 bits per heavy atom. The second kappa shape index (κ2) is 5.76.